The van der Waals surface area contributed by atoms with Gasteiger partial charge < -0.3 is 14.8 Å². The van der Waals surface area contributed by atoms with Crippen LogP contribution in [0.25, 0.3) is 0 Å². The van der Waals surface area contributed by atoms with Gasteiger partial charge in [-0.25, -0.2) is 0 Å². The van der Waals surface area contributed by atoms with Crippen LogP contribution in [0.4, 0.5) is 0 Å². The predicted octanol–water partition coefficient (Wildman–Crippen LogP) is 9.42. The molecule has 0 spiro atoms. The number of likely N-dealkylation sites (tertiary alicyclic amines) is 1. The van der Waals surface area contributed by atoms with E-state index >= 15 is 0 Å². The lowest BCUT2D eigenvalue weighted by atomic mass is 9.71. The first kappa shape index (κ1) is 38.0. The molecule has 2 fully saturated rings. The van der Waals surface area contributed by atoms with Crippen molar-refractivity contribution in [1.82, 2.24) is 10.2 Å². The van der Waals surface area contributed by atoms with Crippen molar-refractivity contribution in [2.24, 2.45) is 23.2 Å². The second kappa shape index (κ2) is 20.7. The molecule has 1 saturated carbocycles. The van der Waals surface area contributed by atoms with Crippen molar-refractivity contribution in [2.75, 3.05) is 33.0 Å². The second-order valence-electron chi connectivity index (χ2n) is 13.4. The quantitative estimate of drug-likeness (QED) is 0.0789. The Morgan fingerprint density at radius 2 is 2.15 bits per heavy atom. The fourth-order valence-electron chi connectivity index (χ4n) is 6.94. The number of nitrogens with zero attached hydrogens (tertiary/aromatic N) is 1. The van der Waals surface area contributed by atoms with Crippen LogP contribution in [-0.4, -0.2) is 50.1 Å². The second-order valence-corrected chi connectivity index (χ2v) is 13.4. The van der Waals surface area contributed by atoms with Gasteiger partial charge in [-0.1, -0.05) is 117 Å². The summed E-state index contributed by atoms with van der Waals surface area (Å²) in [6, 6.07) is 0. The number of hydrogen-bond acceptors (Lipinski definition) is 4. The summed E-state index contributed by atoms with van der Waals surface area (Å²) in [5, 5.41) is 3.15. The molecule has 5 nitrogen and oxygen atoms in total. The number of aldehydes is 1. The Hall–Kier alpha value is -3.50. The standard InChI is InChI=1S/C32H39NO.C10H19NO2.2H2/c1-5-12-26(19-20-28-18-17-25(3)23-28)15-11-22-33-31(34)30-16-10-21-32(30,4)29(6-2)24-27-13-8-7-9-14-27;1-2-7-13-9-11-5-3-10(8-11)4-6-12;;/h5,7-8,11-13,15,17-20,23,28,30H,1-2,9-10,14,16,21-22,24H2,3-4H3,(H,33,34);6,10H,2-5,7-9H2,1H3;2*1H/b15-11-,20-19+,26-12+;;;/t28?,30-,32?;;;/m0.../s1. The number of rotatable bonds is 16. The van der Waals surface area contributed by atoms with Gasteiger partial charge in [0, 0.05) is 52.8 Å². The molecule has 258 valence electrons. The third-order valence-corrected chi connectivity index (χ3v) is 9.67. The Bertz CT molecular complexity index is 1330. The average Bonchev–Trinajstić information content (AvgIpc) is 3.82. The van der Waals surface area contributed by atoms with Gasteiger partial charge in [-0.15, -0.1) is 5.73 Å². The maximum absolute atomic E-state index is 13.2. The molecule has 5 heteroatoms. The summed E-state index contributed by atoms with van der Waals surface area (Å²) in [4.78, 5) is 25.7. The number of carbonyl (C=O) groups excluding carboxylic acids is 2. The van der Waals surface area contributed by atoms with Gasteiger partial charge in [0.1, 0.15) is 6.29 Å². The Morgan fingerprint density at radius 3 is 2.83 bits per heavy atom. The van der Waals surface area contributed by atoms with E-state index in [1.54, 1.807) is 6.08 Å². The summed E-state index contributed by atoms with van der Waals surface area (Å²) in [5.74, 6) is 1.02. The van der Waals surface area contributed by atoms with Crippen molar-refractivity contribution in [3.63, 3.8) is 0 Å². The van der Waals surface area contributed by atoms with E-state index in [2.05, 4.69) is 98.5 Å². The highest BCUT2D eigenvalue weighted by Gasteiger charge is 2.45. The van der Waals surface area contributed by atoms with E-state index in [1.807, 2.05) is 18.2 Å². The largest absolute Gasteiger partial charge is 0.366 e. The number of hydrogen-bond donors (Lipinski definition) is 1. The zero-order valence-corrected chi connectivity index (χ0v) is 29.2. The first-order valence-corrected chi connectivity index (χ1v) is 17.6. The molecule has 4 rings (SSSR count). The SMILES string of the molecule is C=C=C(CC1=CC=CCC1)C1(C)CCC[C@H]1C(=O)NC\C=C/C(=C\C=C)/C=C/C1C=CC(C)=C1.CCCOCN1CCC(CC=O)C1.[HH].[HH]. The normalized spacial score (nSPS) is 25.8. The molecule has 0 aromatic heterocycles. The number of ether oxygens (including phenoxy) is 1. The number of amides is 1. The van der Waals surface area contributed by atoms with Crippen molar-refractivity contribution in [2.45, 2.75) is 78.6 Å². The topological polar surface area (TPSA) is 58.6 Å². The van der Waals surface area contributed by atoms with Gasteiger partial charge in [0.2, 0.25) is 5.91 Å². The summed E-state index contributed by atoms with van der Waals surface area (Å²) >= 11 is 0. The molecule has 1 saturated heterocycles. The van der Waals surface area contributed by atoms with E-state index in [1.165, 1.54) is 16.7 Å². The molecule has 0 aromatic carbocycles. The molecule has 47 heavy (non-hydrogen) atoms. The first-order chi connectivity index (χ1) is 22.8. The lowest BCUT2D eigenvalue weighted by Gasteiger charge is -2.33. The molecule has 4 atom stereocenters. The lowest BCUT2D eigenvalue weighted by molar-refractivity contribution is -0.127. The summed E-state index contributed by atoms with van der Waals surface area (Å²) in [6.07, 6.45) is 35.2. The molecule has 3 aliphatic carbocycles. The molecular weight excluding hydrogens is 580 g/mol. The maximum Gasteiger partial charge on any atom is 0.224 e. The van der Waals surface area contributed by atoms with Crippen molar-refractivity contribution in [3.8, 4) is 0 Å². The highest BCUT2D eigenvalue weighted by atomic mass is 16.5. The van der Waals surface area contributed by atoms with Crippen molar-refractivity contribution in [1.29, 1.82) is 0 Å². The van der Waals surface area contributed by atoms with Gasteiger partial charge in [0.05, 0.1) is 6.73 Å². The number of carbonyl (C=O) groups is 2. The van der Waals surface area contributed by atoms with Crippen LogP contribution >= 0.6 is 0 Å². The van der Waals surface area contributed by atoms with E-state index in [-0.39, 0.29) is 20.1 Å². The molecular formula is C42H62N2O3. The third-order valence-electron chi connectivity index (χ3n) is 9.67. The highest BCUT2D eigenvalue weighted by molar-refractivity contribution is 5.80. The number of allylic oxidation sites excluding steroid dienone is 15. The molecule has 1 heterocycles. The molecule has 1 aliphatic heterocycles. The summed E-state index contributed by atoms with van der Waals surface area (Å²) in [7, 11) is 0. The third kappa shape index (κ3) is 12.6. The van der Waals surface area contributed by atoms with Crippen LogP contribution in [-0.2, 0) is 14.3 Å². The summed E-state index contributed by atoms with van der Waals surface area (Å²) < 4.78 is 5.43. The van der Waals surface area contributed by atoms with Crippen molar-refractivity contribution < 1.29 is 17.2 Å². The van der Waals surface area contributed by atoms with Crippen LogP contribution in [0.1, 0.15) is 81.4 Å². The minimum absolute atomic E-state index is 0. The lowest BCUT2D eigenvalue weighted by Crippen LogP contribution is -2.38. The minimum atomic E-state index is -0.172. The zero-order chi connectivity index (χ0) is 33.9. The average molecular weight is 643 g/mol. The van der Waals surface area contributed by atoms with Gasteiger partial charge in [-0.05, 0) is 68.9 Å². The van der Waals surface area contributed by atoms with Crippen LogP contribution in [0.15, 0.2) is 114 Å². The van der Waals surface area contributed by atoms with E-state index in [9.17, 15) is 9.59 Å². The number of nitrogens with one attached hydrogen (secondary N) is 1. The molecule has 3 unspecified atom stereocenters. The van der Waals surface area contributed by atoms with E-state index in [4.69, 9.17) is 4.74 Å². The van der Waals surface area contributed by atoms with Crippen LogP contribution in [0.5, 0.6) is 0 Å². The summed E-state index contributed by atoms with van der Waals surface area (Å²) in [5.41, 5.74) is 8.02. The van der Waals surface area contributed by atoms with Crippen LogP contribution in [0, 0.1) is 23.2 Å². The Balaban J connectivity index is 0.000000676. The maximum atomic E-state index is 13.2. The fraction of sp³-hybridized carbons (Fsp3) is 0.500. The Labute approximate surface area is 288 Å². The Morgan fingerprint density at radius 1 is 1.30 bits per heavy atom. The van der Waals surface area contributed by atoms with Gasteiger partial charge in [0.15, 0.2) is 0 Å². The van der Waals surface area contributed by atoms with E-state index in [0.717, 1.165) is 89.7 Å². The van der Waals surface area contributed by atoms with Crippen molar-refractivity contribution >= 4 is 12.2 Å². The minimum Gasteiger partial charge on any atom is -0.366 e. The monoisotopic (exact) mass is 642 g/mol. The van der Waals surface area contributed by atoms with Gasteiger partial charge in [-0.3, -0.25) is 9.69 Å². The predicted molar refractivity (Wildman–Crippen MR) is 201 cm³/mol. The van der Waals surface area contributed by atoms with Crippen LogP contribution in [0.2, 0.25) is 0 Å². The summed E-state index contributed by atoms with van der Waals surface area (Å²) in [6.45, 7) is 18.5. The van der Waals surface area contributed by atoms with E-state index in [0.29, 0.717) is 24.8 Å². The Kier molecular flexibility index (Phi) is 16.7. The zero-order valence-electron chi connectivity index (χ0n) is 29.2. The van der Waals surface area contributed by atoms with Crippen LogP contribution in [0.3, 0.4) is 0 Å². The smallest absolute Gasteiger partial charge is 0.224 e. The first-order valence-electron chi connectivity index (χ1n) is 17.6. The van der Waals surface area contributed by atoms with Crippen molar-refractivity contribution in [3.05, 3.63) is 114 Å². The highest BCUT2D eigenvalue weighted by Crippen LogP contribution is 2.50. The molecule has 0 bridgehead atoms. The molecule has 0 radical (unpaired) electrons. The van der Waals surface area contributed by atoms with Gasteiger partial charge in [-0.2, -0.15) is 0 Å². The van der Waals surface area contributed by atoms with E-state index < -0.39 is 0 Å². The molecule has 0 aromatic rings. The van der Waals surface area contributed by atoms with Gasteiger partial charge >= 0.3 is 0 Å². The molecule has 1 N–H and O–H groups in total. The molecule has 1 amide bonds. The van der Waals surface area contributed by atoms with Gasteiger partial charge in [0.25, 0.3) is 0 Å². The van der Waals surface area contributed by atoms with Crippen LogP contribution < -0.4 is 5.32 Å². The molecule has 4 aliphatic rings. The fourth-order valence-corrected chi connectivity index (χ4v) is 6.94.